The first-order chi connectivity index (χ1) is 10.8. The van der Waals surface area contributed by atoms with Gasteiger partial charge in [0.15, 0.2) is 0 Å². The average molecular weight is 319 g/mol. The standard InChI is InChI=1S/C21H34O2/c1-17(2)10-7-11-18(3)12-8-13-19(4)14-9-15-20(5)16-21(22)23-6/h10,12,14,16H,7-9,11,13,15H2,1-6H3/b18-12+,19-14?,20-16+. The number of ether oxygens (including phenoxy) is 1. The highest BCUT2D eigenvalue weighted by Gasteiger charge is 1.96. The lowest BCUT2D eigenvalue weighted by Gasteiger charge is -2.02. The normalized spacial score (nSPS) is 13.0. The van der Waals surface area contributed by atoms with Crippen molar-refractivity contribution in [2.45, 2.75) is 73.1 Å². The molecule has 0 spiro atoms. The number of allylic oxidation sites excluding steroid dienone is 7. The van der Waals surface area contributed by atoms with Gasteiger partial charge in [0, 0.05) is 6.08 Å². The van der Waals surface area contributed by atoms with Gasteiger partial charge in [-0.3, -0.25) is 0 Å². The molecule has 0 aromatic rings. The lowest BCUT2D eigenvalue weighted by atomic mass is 10.0. The summed E-state index contributed by atoms with van der Waals surface area (Å²) in [6.45, 7) is 10.7. The third-order valence-corrected chi connectivity index (χ3v) is 3.72. The van der Waals surface area contributed by atoms with E-state index in [2.05, 4.69) is 50.7 Å². The molecule has 0 saturated carbocycles. The number of hydrogen-bond donors (Lipinski definition) is 0. The lowest BCUT2D eigenvalue weighted by Crippen LogP contribution is -1.95. The van der Waals surface area contributed by atoms with Gasteiger partial charge in [-0.25, -0.2) is 4.79 Å². The predicted octanol–water partition coefficient (Wildman–Crippen LogP) is 6.31. The van der Waals surface area contributed by atoms with E-state index >= 15 is 0 Å². The Hall–Kier alpha value is -1.57. The molecule has 0 fully saturated rings. The first-order valence-electron chi connectivity index (χ1n) is 8.55. The molecule has 130 valence electrons. The van der Waals surface area contributed by atoms with Crippen molar-refractivity contribution in [2.75, 3.05) is 7.11 Å². The fourth-order valence-electron chi connectivity index (χ4n) is 2.22. The van der Waals surface area contributed by atoms with Gasteiger partial charge in [-0.15, -0.1) is 0 Å². The maximum atomic E-state index is 11.1. The Morgan fingerprint density at radius 3 is 1.61 bits per heavy atom. The minimum atomic E-state index is -0.267. The summed E-state index contributed by atoms with van der Waals surface area (Å²) in [4.78, 5) is 11.1. The van der Waals surface area contributed by atoms with Gasteiger partial charge in [0.05, 0.1) is 7.11 Å². The van der Waals surface area contributed by atoms with E-state index in [4.69, 9.17) is 0 Å². The van der Waals surface area contributed by atoms with Crippen molar-refractivity contribution in [1.82, 2.24) is 0 Å². The topological polar surface area (TPSA) is 26.3 Å². The Morgan fingerprint density at radius 2 is 1.17 bits per heavy atom. The molecule has 2 heteroatoms. The Morgan fingerprint density at radius 1 is 0.739 bits per heavy atom. The van der Waals surface area contributed by atoms with Crippen molar-refractivity contribution in [3.8, 4) is 0 Å². The molecule has 0 radical (unpaired) electrons. The van der Waals surface area contributed by atoms with Crippen LogP contribution in [0.4, 0.5) is 0 Å². The number of esters is 1. The maximum absolute atomic E-state index is 11.1. The summed E-state index contributed by atoms with van der Waals surface area (Å²) in [7, 11) is 1.41. The van der Waals surface area contributed by atoms with Crippen LogP contribution in [-0.2, 0) is 9.53 Å². The van der Waals surface area contributed by atoms with Crippen LogP contribution in [0.15, 0.2) is 46.6 Å². The Bertz CT molecular complexity index is 472. The van der Waals surface area contributed by atoms with E-state index in [0.29, 0.717) is 0 Å². The summed E-state index contributed by atoms with van der Waals surface area (Å²) >= 11 is 0. The maximum Gasteiger partial charge on any atom is 0.330 e. The molecule has 0 aromatic carbocycles. The van der Waals surface area contributed by atoms with Crippen LogP contribution in [0.3, 0.4) is 0 Å². The van der Waals surface area contributed by atoms with Crippen LogP contribution < -0.4 is 0 Å². The third kappa shape index (κ3) is 13.8. The quantitative estimate of drug-likeness (QED) is 0.268. The van der Waals surface area contributed by atoms with Crippen LogP contribution in [0, 0.1) is 0 Å². The van der Waals surface area contributed by atoms with Crippen LogP contribution >= 0.6 is 0 Å². The molecule has 0 atom stereocenters. The van der Waals surface area contributed by atoms with Gasteiger partial charge in [-0.1, -0.05) is 40.5 Å². The first-order valence-corrected chi connectivity index (χ1v) is 8.55. The fourth-order valence-corrected chi connectivity index (χ4v) is 2.22. The van der Waals surface area contributed by atoms with Crippen LogP contribution in [0.5, 0.6) is 0 Å². The van der Waals surface area contributed by atoms with E-state index in [1.165, 1.54) is 23.8 Å². The molecule has 0 heterocycles. The van der Waals surface area contributed by atoms with Gasteiger partial charge >= 0.3 is 5.97 Å². The van der Waals surface area contributed by atoms with E-state index < -0.39 is 0 Å². The molecule has 23 heavy (non-hydrogen) atoms. The number of hydrogen-bond acceptors (Lipinski definition) is 2. The van der Waals surface area contributed by atoms with Crippen molar-refractivity contribution in [1.29, 1.82) is 0 Å². The van der Waals surface area contributed by atoms with Crippen LogP contribution in [0.25, 0.3) is 0 Å². The lowest BCUT2D eigenvalue weighted by molar-refractivity contribution is -0.134. The molecule has 0 aromatic heterocycles. The van der Waals surface area contributed by atoms with Gasteiger partial charge in [0.25, 0.3) is 0 Å². The summed E-state index contributed by atoms with van der Waals surface area (Å²) in [5.41, 5.74) is 5.36. The number of carbonyl (C=O) groups excluding carboxylic acids is 1. The third-order valence-electron chi connectivity index (χ3n) is 3.72. The molecule has 0 aliphatic carbocycles. The monoisotopic (exact) mass is 318 g/mol. The second-order valence-electron chi connectivity index (χ2n) is 6.51. The van der Waals surface area contributed by atoms with Crippen LogP contribution in [0.1, 0.15) is 73.1 Å². The van der Waals surface area contributed by atoms with E-state index in [9.17, 15) is 4.79 Å². The highest BCUT2D eigenvalue weighted by atomic mass is 16.5. The second kappa shape index (κ2) is 12.9. The number of rotatable bonds is 10. The van der Waals surface area contributed by atoms with Crippen molar-refractivity contribution in [2.24, 2.45) is 0 Å². The molecule has 0 saturated heterocycles. The van der Waals surface area contributed by atoms with Crippen molar-refractivity contribution in [3.63, 3.8) is 0 Å². The van der Waals surface area contributed by atoms with Crippen LogP contribution in [-0.4, -0.2) is 13.1 Å². The predicted molar refractivity (Wildman–Crippen MR) is 100 cm³/mol. The highest BCUT2D eigenvalue weighted by molar-refractivity contribution is 5.82. The molecule has 2 nitrogen and oxygen atoms in total. The zero-order valence-corrected chi connectivity index (χ0v) is 15.9. The SMILES string of the molecule is COC(=O)/C=C(\C)CCC=C(C)CC/C=C(\C)CCC=C(C)C. The summed E-state index contributed by atoms with van der Waals surface area (Å²) in [5.74, 6) is -0.267. The van der Waals surface area contributed by atoms with Gasteiger partial charge in [-0.05, 0) is 73.1 Å². The molecule has 0 aliphatic heterocycles. The Balaban J connectivity index is 4.05. The van der Waals surface area contributed by atoms with E-state index in [0.717, 1.165) is 44.1 Å². The van der Waals surface area contributed by atoms with E-state index in [-0.39, 0.29) is 5.97 Å². The average Bonchev–Trinajstić information content (AvgIpc) is 2.46. The molecular weight excluding hydrogens is 284 g/mol. The van der Waals surface area contributed by atoms with E-state index in [1.54, 1.807) is 6.08 Å². The zero-order chi connectivity index (χ0) is 17.7. The van der Waals surface area contributed by atoms with Crippen molar-refractivity contribution < 1.29 is 9.53 Å². The Kier molecular flexibility index (Phi) is 12.0. The largest absolute Gasteiger partial charge is 0.466 e. The first kappa shape index (κ1) is 21.4. The van der Waals surface area contributed by atoms with Crippen LogP contribution in [0.2, 0.25) is 0 Å². The molecule has 0 bridgehead atoms. The Labute approximate surface area is 143 Å². The molecule has 0 rings (SSSR count). The van der Waals surface area contributed by atoms with Crippen molar-refractivity contribution in [3.05, 3.63) is 46.6 Å². The fraction of sp³-hybridized carbons (Fsp3) is 0.571. The van der Waals surface area contributed by atoms with Gasteiger partial charge < -0.3 is 4.74 Å². The second-order valence-corrected chi connectivity index (χ2v) is 6.51. The minimum absolute atomic E-state index is 0.267. The summed E-state index contributed by atoms with van der Waals surface area (Å²) in [6, 6.07) is 0. The van der Waals surface area contributed by atoms with E-state index in [1.807, 2.05) is 6.92 Å². The number of methoxy groups -OCH3 is 1. The van der Waals surface area contributed by atoms with Gasteiger partial charge in [0.2, 0.25) is 0 Å². The van der Waals surface area contributed by atoms with Gasteiger partial charge in [-0.2, -0.15) is 0 Å². The summed E-state index contributed by atoms with van der Waals surface area (Å²) in [5, 5.41) is 0. The molecule has 0 amide bonds. The molecular formula is C21H34O2. The van der Waals surface area contributed by atoms with Crippen molar-refractivity contribution >= 4 is 5.97 Å². The highest BCUT2D eigenvalue weighted by Crippen LogP contribution is 2.13. The molecule has 0 N–H and O–H groups in total. The summed E-state index contributed by atoms with van der Waals surface area (Å²) in [6.07, 6.45) is 14.9. The molecule has 0 unspecified atom stereocenters. The minimum Gasteiger partial charge on any atom is -0.466 e. The molecule has 0 aliphatic rings. The summed E-state index contributed by atoms with van der Waals surface area (Å²) < 4.78 is 4.62. The van der Waals surface area contributed by atoms with Gasteiger partial charge in [0.1, 0.15) is 0 Å². The smallest absolute Gasteiger partial charge is 0.330 e. The number of carbonyl (C=O) groups is 1. The zero-order valence-electron chi connectivity index (χ0n) is 15.9.